The number of benzene rings is 1. The minimum absolute atomic E-state index is 0.00371. The average molecular weight is 418 g/mol. The van der Waals surface area contributed by atoms with Crippen LogP contribution in [0.1, 0.15) is 23.1 Å². The van der Waals surface area contributed by atoms with Crippen LogP contribution in [0.3, 0.4) is 0 Å². The van der Waals surface area contributed by atoms with Gasteiger partial charge in [0.15, 0.2) is 6.61 Å². The number of hydrogen-bond acceptors (Lipinski definition) is 6. The minimum atomic E-state index is -0.292. The zero-order chi connectivity index (χ0) is 21.6. The second-order valence-electron chi connectivity index (χ2n) is 7.52. The lowest BCUT2D eigenvalue weighted by Gasteiger charge is -2.33. The molecule has 0 spiro atoms. The molecule has 1 aromatic carbocycles. The summed E-state index contributed by atoms with van der Waals surface area (Å²) >= 11 is 0. The third-order valence-corrected chi connectivity index (χ3v) is 5.10. The van der Waals surface area contributed by atoms with E-state index in [9.17, 15) is 4.79 Å². The van der Waals surface area contributed by atoms with Crippen molar-refractivity contribution >= 4 is 17.4 Å². The molecule has 1 saturated heterocycles. The van der Waals surface area contributed by atoms with Gasteiger partial charge in [-0.2, -0.15) is 0 Å². The summed E-state index contributed by atoms with van der Waals surface area (Å²) in [4.78, 5) is 23.5. The zero-order valence-corrected chi connectivity index (χ0v) is 17.7. The highest BCUT2D eigenvalue weighted by Crippen LogP contribution is 2.26. The number of anilines is 2. The Hall–Kier alpha value is -3.45. The SMILES string of the molecule is Cc1cc(Nc2ncccc2C)cc(C2CN(C(=O)COc3ccccc3)CCO2)n1. The zero-order valence-electron chi connectivity index (χ0n) is 17.7. The lowest BCUT2D eigenvalue weighted by molar-refractivity contribution is -0.141. The number of aromatic nitrogens is 2. The molecular weight excluding hydrogens is 392 g/mol. The molecule has 4 rings (SSSR count). The number of pyridine rings is 2. The Morgan fingerprint density at radius 3 is 2.84 bits per heavy atom. The Kier molecular flexibility index (Phi) is 6.43. The van der Waals surface area contributed by atoms with E-state index in [-0.39, 0.29) is 18.6 Å². The fourth-order valence-electron chi connectivity index (χ4n) is 3.49. The van der Waals surface area contributed by atoms with E-state index in [0.717, 1.165) is 28.5 Å². The van der Waals surface area contributed by atoms with Gasteiger partial charge in [0, 0.05) is 24.1 Å². The van der Waals surface area contributed by atoms with Gasteiger partial charge in [-0.1, -0.05) is 24.3 Å². The lowest BCUT2D eigenvalue weighted by Crippen LogP contribution is -2.44. The van der Waals surface area contributed by atoms with Crippen LogP contribution in [0.2, 0.25) is 0 Å². The highest BCUT2D eigenvalue weighted by atomic mass is 16.5. The number of ether oxygens (including phenoxy) is 2. The predicted octanol–water partition coefficient (Wildman–Crippen LogP) is 3.82. The normalized spacial score (nSPS) is 16.1. The Bertz CT molecular complexity index is 1040. The molecule has 3 aromatic rings. The van der Waals surface area contributed by atoms with Crippen LogP contribution in [0, 0.1) is 13.8 Å². The van der Waals surface area contributed by atoms with Gasteiger partial charge in [0.1, 0.15) is 17.7 Å². The number of hydrogen-bond donors (Lipinski definition) is 1. The Morgan fingerprint density at radius 1 is 1.19 bits per heavy atom. The average Bonchev–Trinajstić information content (AvgIpc) is 2.79. The summed E-state index contributed by atoms with van der Waals surface area (Å²) < 4.78 is 11.6. The summed E-state index contributed by atoms with van der Waals surface area (Å²) in [6.07, 6.45) is 1.47. The maximum Gasteiger partial charge on any atom is 0.260 e. The molecule has 1 fully saturated rings. The molecular formula is C24H26N4O3. The first-order chi connectivity index (χ1) is 15.1. The Balaban J connectivity index is 1.43. The van der Waals surface area contributed by atoms with Gasteiger partial charge in [0.05, 0.1) is 18.8 Å². The summed E-state index contributed by atoms with van der Waals surface area (Å²) in [6, 6.07) is 17.2. The van der Waals surface area contributed by atoms with Crippen LogP contribution in [-0.2, 0) is 9.53 Å². The fourth-order valence-corrected chi connectivity index (χ4v) is 3.49. The fraction of sp³-hybridized carbons (Fsp3) is 0.292. The molecule has 0 saturated carbocycles. The molecule has 31 heavy (non-hydrogen) atoms. The smallest absolute Gasteiger partial charge is 0.260 e. The Labute approximate surface area is 182 Å². The molecule has 7 heteroatoms. The number of carbonyl (C=O) groups excluding carboxylic acids is 1. The summed E-state index contributed by atoms with van der Waals surface area (Å²) in [5.74, 6) is 1.42. The second kappa shape index (κ2) is 9.57. The number of aryl methyl sites for hydroxylation is 2. The van der Waals surface area contributed by atoms with Crippen molar-refractivity contribution in [3.05, 3.63) is 77.7 Å². The van der Waals surface area contributed by atoms with Gasteiger partial charge in [0.25, 0.3) is 5.91 Å². The van der Waals surface area contributed by atoms with Gasteiger partial charge in [-0.3, -0.25) is 9.78 Å². The number of nitrogens with zero attached hydrogens (tertiary/aromatic N) is 3. The van der Waals surface area contributed by atoms with Crippen molar-refractivity contribution < 1.29 is 14.3 Å². The van der Waals surface area contributed by atoms with Crippen molar-refractivity contribution in [2.45, 2.75) is 20.0 Å². The molecule has 1 aliphatic rings. The van der Waals surface area contributed by atoms with Gasteiger partial charge < -0.3 is 19.7 Å². The molecule has 1 N–H and O–H groups in total. The van der Waals surface area contributed by atoms with Gasteiger partial charge >= 0.3 is 0 Å². The number of rotatable bonds is 6. The maximum absolute atomic E-state index is 12.7. The van der Waals surface area contributed by atoms with E-state index < -0.39 is 0 Å². The van der Waals surface area contributed by atoms with Crippen LogP contribution in [0.5, 0.6) is 5.75 Å². The molecule has 3 heterocycles. The molecule has 1 aliphatic heterocycles. The van der Waals surface area contributed by atoms with Crippen molar-refractivity contribution in [2.24, 2.45) is 0 Å². The van der Waals surface area contributed by atoms with Crippen LogP contribution in [0.4, 0.5) is 11.5 Å². The first kappa shape index (κ1) is 20.8. The molecule has 2 aromatic heterocycles. The molecule has 7 nitrogen and oxygen atoms in total. The number of morpholine rings is 1. The molecule has 1 amide bonds. The van der Waals surface area contributed by atoms with E-state index in [2.05, 4.69) is 15.3 Å². The molecule has 160 valence electrons. The summed E-state index contributed by atoms with van der Waals surface area (Å²) in [5, 5.41) is 3.36. The highest BCUT2D eigenvalue weighted by molar-refractivity contribution is 5.78. The van der Waals surface area contributed by atoms with Crippen LogP contribution < -0.4 is 10.1 Å². The van der Waals surface area contributed by atoms with Crippen molar-refractivity contribution in [1.82, 2.24) is 14.9 Å². The molecule has 1 unspecified atom stereocenters. The van der Waals surface area contributed by atoms with Crippen molar-refractivity contribution in [2.75, 3.05) is 31.6 Å². The monoisotopic (exact) mass is 418 g/mol. The summed E-state index contributed by atoms with van der Waals surface area (Å²) in [6.45, 7) is 5.39. The van der Waals surface area contributed by atoms with Crippen LogP contribution in [0.15, 0.2) is 60.8 Å². The molecule has 0 radical (unpaired) electrons. The first-order valence-electron chi connectivity index (χ1n) is 10.3. The minimum Gasteiger partial charge on any atom is -0.484 e. The van der Waals surface area contributed by atoms with Gasteiger partial charge in [0.2, 0.25) is 0 Å². The van der Waals surface area contributed by atoms with Gasteiger partial charge in [-0.05, 0) is 49.7 Å². The maximum atomic E-state index is 12.7. The Morgan fingerprint density at radius 2 is 2.03 bits per heavy atom. The number of para-hydroxylation sites is 1. The summed E-state index contributed by atoms with van der Waals surface area (Å²) in [5.41, 5.74) is 3.61. The van der Waals surface area contributed by atoms with Crippen molar-refractivity contribution in [1.29, 1.82) is 0 Å². The van der Waals surface area contributed by atoms with E-state index >= 15 is 0 Å². The van der Waals surface area contributed by atoms with E-state index in [0.29, 0.717) is 25.4 Å². The third-order valence-electron chi connectivity index (χ3n) is 5.10. The van der Waals surface area contributed by atoms with E-state index in [1.54, 1.807) is 11.1 Å². The number of amides is 1. The van der Waals surface area contributed by atoms with Gasteiger partial charge in [-0.25, -0.2) is 4.98 Å². The van der Waals surface area contributed by atoms with Crippen LogP contribution in [-0.4, -0.2) is 47.1 Å². The highest BCUT2D eigenvalue weighted by Gasteiger charge is 2.27. The predicted molar refractivity (Wildman–Crippen MR) is 118 cm³/mol. The van der Waals surface area contributed by atoms with Crippen molar-refractivity contribution in [3.63, 3.8) is 0 Å². The molecule has 0 aliphatic carbocycles. The molecule has 0 bridgehead atoms. The summed E-state index contributed by atoms with van der Waals surface area (Å²) in [7, 11) is 0. The number of nitrogens with one attached hydrogen (secondary N) is 1. The van der Waals surface area contributed by atoms with Crippen molar-refractivity contribution in [3.8, 4) is 5.75 Å². The van der Waals surface area contributed by atoms with E-state index in [1.807, 2.05) is 68.4 Å². The van der Waals surface area contributed by atoms with Crippen LogP contribution >= 0.6 is 0 Å². The topological polar surface area (TPSA) is 76.6 Å². The first-order valence-corrected chi connectivity index (χ1v) is 10.3. The largest absolute Gasteiger partial charge is 0.484 e. The standard InChI is InChI=1S/C24H26N4O3/c1-17-7-6-10-25-24(17)27-19-13-18(2)26-21(14-19)22-15-28(11-12-30-22)23(29)16-31-20-8-4-3-5-9-20/h3-10,13-14,22H,11-12,15-16H2,1-2H3,(H,25,26,27). The van der Waals surface area contributed by atoms with Crippen LogP contribution in [0.25, 0.3) is 0 Å². The quantitative estimate of drug-likeness (QED) is 0.656. The van der Waals surface area contributed by atoms with E-state index in [4.69, 9.17) is 9.47 Å². The third kappa shape index (κ3) is 5.38. The lowest BCUT2D eigenvalue weighted by atomic mass is 10.1. The van der Waals surface area contributed by atoms with E-state index in [1.165, 1.54) is 0 Å². The number of carbonyl (C=O) groups is 1. The second-order valence-corrected chi connectivity index (χ2v) is 7.52. The molecule has 1 atom stereocenters. The van der Waals surface area contributed by atoms with Gasteiger partial charge in [-0.15, -0.1) is 0 Å².